The molecule has 4 aliphatic rings. The van der Waals surface area contributed by atoms with Gasteiger partial charge in [-0.2, -0.15) is 0 Å². The van der Waals surface area contributed by atoms with Crippen LogP contribution in [-0.4, -0.2) is 58.0 Å². The first kappa shape index (κ1) is 26.5. The van der Waals surface area contributed by atoms with E-state index in [-0.39, 0.29) is 36.1 Å². The third-order valence-electron chi connectivity index (χ3n) is 9.79. The predicted octanol–water partition coefficient (Wildman–Crippen LogP) is 5.23. The van der Waals surface area contributed by atoms with Crippen LogP contribution in [0.2, 0.25) is 0 Å². The summed E-state index contributed by atoms with van der Waals surface area (Å²) in [7, 11) is 1.46. The minimum atomic E-state index is -0.321. The highest BCUT2D eigenvalue weighted by molar-refractivity contribution is 6.00. The number of para-hydroxylation sites is 2. The normalized spacial score (nSPS) is 30.9. The highest BCUT2D eigenvalue weighted by Gasteiger charge is 2.47. The summed E-state index contributed by atoms with van der Waals surface area (Å²) in [6.45, 7) is 2.10. The zero-order chi connectivity index (χ0) is 26.9. The highest BCUT2D eigenvalue weighted by atomic mass is 16.6. The molecule has 1 aromatic heterocycles. The molecule has 1 aromatic carbocycles. The molecule has 6 rings (SSSR count). The summed E-state index contributed by atoms with van der Waals surface area (Å²) < 4.78 is 7.09. The van der Waals surface area contributed by atoms with Crippen molar-refractivity contribution in [3.63, 3.8) is 0 Å². The Bertz CT molecular complexity index is 1260. The average Bonchev–Trinajstić information content (AvgIpc) is 3.20. The second-order valence-electron chi connectivity index (χ2n) is 12.1. The molecule has 210 valence electrons. The minimum absolute atomic E-state index is 0.120. The fourth-order valence-electron chi connectivity index (χ4n) is 8.41. The molecule has 2 aliphatic carbocycles. The predicted molar refractivity (Wildman–Crippen MR) is 151 cm³/mol. The van der Waals surface area contributed by atoms with Crippen LogP contribution in [0.25, 0.3) is 11.0 Å². The van der Waals surface area contributed by atoms with Gasteiger partial charge in [0.05, 0.1) is 24.1 Å². The van der Waals surface area contributed by atoms with E-state index in [4.69, 9.17) is 14.6 Å². The number of carbonyl (C=O) groups is 1. The highest BCUT2D eigenvalue weighted by Crippen LogP contribution is 2.48. The minimum Gasteiger partial charge on any atom is -0.466 e. The molecule has 0 amide bonds. The number of ether oxygens (including phenoxy) is 1. The number of oxime groups is 1. The molecule has 0 radical (unpaired) electrons. The molecule has 8 heteroatoms. The molecule has 3 unspecified atom stereocenters. The summed E-state index contributed by atoms with van der Waals surface area (Å²) >= 11 is 0. The maximum Gasteiger partial charge on any atom is 0.306 e. The Balaban J connectivity index is 1.30. The van der Waals surface area contributed by atoms with Crippen LogP contribution in [0.5, 0.6) is 0 Å². The van der Waals surface area contributed by atoms with Gasteiger partial charge in [0, 0.05) is 30.6 Å². The van der Waals surface area contributed by atoms with Gasteiger partial charge in [-0.25, -0.2) is 4.98 Å². The molecule has 3 heterocycles. The molecule has 0 spiro atoms. The molecule has 4 fully saturated rings. The van der Waals surface area contributed by atoms with Crippen molar-refractivity contribution in [3.8, 4) is 0 Å². The maximum absolute atomic E-state index is 14.2. The van der Waals surface area contributed by atoms with Crippen molar-refractivity contribution in [2.75, 3.05) is 13.7 Å². The Morgan fingerprint density at radius 1 is 0.949 bits per heavy atom. The largest absolute Gasteiger partial charge is 0.466 e. The molecule has 5 atom stereocenters. The average molecular weight is 535 g/mol. The SMILES string of the molecule is CCOC(=O)CC/C(=N\OC)c1nc2ccccc2n(C2C[C@H]3CC[C@@H](C2)N3C2CC3CCCC(C3)C2)c1=O. The number of rotatable bonds is 8. The van der Waals surface area contributed by atoms with Gasteiger partial charge in [-0.1, -0.05) is 36.6 Å². The summed E-state index contributed by atoms with van der Waals surface area (Å²) in [5.41, 5.74) is 2.16. The van der Waals surface area contributed by atoms with Gasteiger partial charge < -0.3 is 14.1 Å². The van der Waals surface area contributed by atoms with E-state index in [0.29, 0.717) is 24.4 Å². The number of hydrogen-bond acceptors (Lipinski definition) is 7. The monoisotopic (exact) mass is 534 g/mol. The standard InChI is InChI=1S/C31H42N4O4/c1-3-39-29(36)14-13-27(33-38-2)30-31(37)35(28-10-5-4-9-26(28)32-30)25-18-22-11-12-23(19-25)34(22)24-16-20-7-6-8-21(15-20)17-24/h4-5,9-10,20-25H,3,6-8,11-19H2,1-2H3/b33-27+/t20?,21?,22-,23+,24?,25?. The first-order valence-electron chi connectivity index (χ1n) is 15.1. The Labute approximate surface area is 230 Å². The van der Waals surface area contributed by atoms with Crippen molar-refractivity contribution in [3.05, 3.63) is 40.3 Å². The zero-order valence-electron chi connectivity index (χ0n) is 23.4. The molecule has 2 aliphatic heterocycles. The van der Waals surface area contributed by atoms with Gasteiger partial charge in [0.2, 0.25) is 0 Å². The summed E-state index contributed by atoms with van der Waals surface area (Å²) in [6.07, 6.45) is 13.3. The van der Waals surface area contributed by atoms with Crippen LogP contribution in [0.3, 0.4) is 0 Å². The summed E-state index contributed by atoms with van der Waals surface area (Å²) in [6, 6.07) is 9.81. The Morgan fingerprint density at radius 3 is 2.36 bits per heavy atom. The van der Waals surface area contributed by atoms with Gasteiger partial charge in [0.15, 0.2) is 5.69 Å². The van der Waals surface area contributed by atoms with Crippen LogP contribution in [-0.2, 0) is 14.4 Å². The Kier molecular flexibility index (Phi) is 7.74. The van der Waals surface area contributed by atoms with Gasteiger partial charge in [0.1, 0.15) is 12.8 Å². The van der Waals surface area contributed by atoms with Crippen LogP contribution in [0.4, 0.5) is 0 Å². The molecule has 39 heavy (non-hydrogen) atoms. The lowest BCUT2D eigenvalue weighted by molar-refractivity contribution is -0.142. The van der Waals surface area contributed by atoms with Gasteiger partial charge in [-0.3, -0.25) is 14.5 Å². The smallest absolute Gasteiger partial charge is 0.306 e. The van der Waals surface area contributed by atoms with Crippen molar-refractivity contribution in [2.24, 2.45) is 17.0 Å². The second kappa shape index (κ2) is 11.4. The molecule has 2 saturated heterocycles. The number of carbonyl (C=O) groups excluding carboxylic acids is 1. The van der Waals surface area contributed by atoms with Crippen molar-refractivity contribution < 1.29 is 14.4 Å². The maximum atomic E-state index is 14.2. The van der Waals surface area contributed by atoms with Crippen LogP contribution < -0.4 is 5.56 Å². The Hall–Kier alpha value is -2.74. The van der Waals surface area contributed by atoms with Crippen LogP contribution >= 0.6 is 0 Å². The van der Waals surface area contributed by atoms with Crippen molar-refractivity contribution in [1.82, 2.24) is 14.5 Å². The van der Waals surface area contributed by atoms with Gasteiger partial charge >= 0.3 is 5.97 Å². The quantitative estimate of drug-likeness (QED) is 0.262. The number of piperidine rings is 1. The van der Waals surface area contributed by atoms with Crippen LogP contribution in [0, 0.1) is 11.8 Å². The van der Waals surface area contributed by atoms with Crippen LogP contribution in [0.1, 0.15) is 95.7 Å². The molecule has 8 nitrogen and oxygen atoms in total. The molecule has 4 bridgehead atoms. The number of aromatic nitrogens is 2. The number of esters is 1. The zero-order valence-corrected chi connectivity index (χ0v) is 23.4. The van der Waals surface area contributed by atoms with Gasteiger partial charge in [-0.15, -0.1) is 0 Å². The number of benzene rings is 1. The fraction of sp³-hybridized carbons (Fsp3) is 0.677. The van der Waals surface area contributed by atoms with Crippen molar-refractivity contribution in [2.45, 2.75) is 108 Å². The van der Waals surface area contributed by atoms with Crippen LogP contribution in [0.15, 0.2) is 34.2 Å². The number of nitrogens with zero attached hydrogens (tertiary/aromatic N) is 4. The lowest BCUT2D eigenvalue weighted by Crippen LogP contribution is -2.52. The topological polar surface area (TPSA) is 86.0 Å². The lowest BCUT2D eigenvalue weighted by Gasteiger charge is -2.49. The molecular formula is C31H42N4O4. The first-order chi connectivity index (χ1) is 19.1. The van der Waals surface area contributed by atoms with Crippen molar-refractivity contribution >= 4 is 22.7 Å². The number of fused-ring (bicyclic) bond motifs is 5. The van der Waals surface area contributed by atoms with E-state index in [1.807, 2.05) is 28.8 Å². The third-order valence-corrected chi connectivity index (χ3v) is 9.79. The molecule has 0 N–H and O–H groups in total. The summed E-state index contributed by atoms with van der Waals surface area (Å²) in [4.78, 5) is 39.0. The molecule has 2 aromatic rings. The first-order valence-corrected chi connectivity index (χ1v) is 15.1. The van der Waals surface area contributed by atoms with Gasteiger partial charge in [0.25, 0.3) is 5.56 Å². The van der Waals surface area contributed by atoms with E-state index < -0.39 is 0 Å². The van der Waals surface area contributed by atoms with Gasteiger partial charge in [-0.05, 0) is 75.8 Å². The van der Waals surface area contributed by atoms with E-state index in [2.05, 4.69) is 10.1 Å². The number of hydrogen-bond donors (Lipinski definition) is 0. The third kappa shape index (κ3) is 5.24. The second-order valence-corrected chi connectivity index (χ2v) is 12.1. The van der Waals surface area contributed by atoms with Crippen molar-refractivity contribution in [1.29, 1.82) is 0 Å². The van der Waals surface area contributed by atoms with E-state index in [9.17, 15) is 9.59 Å². The van der Waals surface area contributed by atoms with E-state index in [1.54, 1.807) is 6.92 Å². The summed E-state index contributed by atoms with van der Waals surface area (Å²) in [5.74, 6) is 1.52. The molecular weight excluding hydrogens is 492 g/mol. The summed E-state index contributed by atoms with van der Waals surface area (Å²) in [5, 5.41) is 4.15. The van der Waals surface area contributed by atoms with E-state index in [0.717, 1.165) is 41.8 Å². The lowest BCUT2D eigenvalue weighted by atomic mass is 9.69. The Morgan fingerprint density at radius 2 is 1.67 bits per heavy atom. The fourth-order valence-corrected chi connectivity index (χ4v) is 8.41. The van der Waals surface area contributed by atoms with E-state index >= 15 is 0 Å². The van der Waals surface area contributed by atoms with E-state index in [1.165, 1.54) is 58.5 Å². The molecule has 2 saturated carbocycles.